The van der Waals surface area contributed by atoms with Crippen LogP contribution < -0.4 is 5.32 Å². The van der Waals surface area contributed by atoms with Gasteiger partial charge in [-0.3, -0.25) is 4.79 Å². The number of aliphatic hydroxyl groups is 1. The molecule has 1 amide bonds. The summed E-state index contributed by atoms with van der Waals surface area (Å²) >= 11 is 0. The van der Waals surface area contributed by atoms with Crippen LogP contribution in [-0.4, -0.2) is 17.6 Å². The molecule has 2 N–H and O–H groups in total. The lowest BCUT2D eigenvalue weighted by atomic mass is 10.0. The van der Waals surface area contributed by atoms with Crippen LogP contribution in [0.25, 0.3) is 10.8 Å². The summed E-state index contributed by atoms with van der Waals surface area (Å²) in [5.74, 6) is -0.133. The number of benzene rings is 3. The Labute approximate surface area is 142 Å². The van der Waals surface area contributed by atoms with Gasteiger partial charge in [0.25, 0.3) is 0 Å². The highest BCUT2D eigenvalue weighted by Gasteiger charge is 2.12. The summed E-state index contributed by atoms with van der Waals surface area (Å²) in [6, 6.07) is 23.7. The summed E-state index contributed by atoms with van der Waals surface area (Å²) in [6.07, 6.45) is 0.0948. The number of carbonyl (C=O) groups excluding carboxylic acids is 1. The number of hydrogen-bond donors (Lipinski definition) is 2. The highest BCUT2D eigenvalue weighted by molar-refractivity contribution is 5.85. The van der Waals surface area contributed by atoms with Gasteiger partial charge in [0, 0.05) is 6.54 Å². The van der Waals surface area contributed by atoms with Gasteiger partial charge in [0.15, 0.2) is 0 Å². The summed E-state index contributed by atoms with van der Waals surface area (Å²) in [5, 5.41) is 15.4. The third-order valence-electron chi connectivity index (χ3n) is 4.16. The molecule has 3 nitrogen and oxygen atoms in total. The van der Waals surface area contributed by atoms with Crippen molar-refractivity contribution in [2.24, 2.45) is 0 Å². The van der Waals surface area contributed by atoms with Gasteiger partial charge in [-0.25, -0.2) is 0 Å². The maximum atomic E-state index is 12.0. The predicted molar refractivity (Wildman–Crippen MR) is 96.7 cm³/mol. The summed E-state index contributed by atoms with van der Waals surface area (Å²) in [6.45, 7) is 0.564. The first-order valence-corrected chi connectivity index (χ1v) is 8.20. The molecule has 24 heavy (non-hydrogen) atoms. The summed E-state index contributed by atoms with van der Waals surface area (Å²) in [5.41, 5.74) is 1.98. The van der Waals surface area contributed by atoms with Crippen LogP contribution in [0.15, 0.2) is 72.8 Å². The maximum absolute atomic E-state index is 12.0. The second kappa shape index (κ2) is 7.75. The van der Waals surface area contributed by atoms with Crippen LogP contribution >= 0.6 is 0 Å². The fraction of sp³-hybridized carbons (Fsp3) is 0.190. The molecule has 0 saturated carbocycles. The maximum Gasteiger partial charge on any atom is 0.222 e. The average Bonchev–Trinajstić information content (AvgIpc) is 2.62. The van der Waals surface area contributed by atoms with Gasteiger partial charge in [-0.2, -0.15) is 0 Å². The lowest BCUT2D eigenvalue weighted by Crippen LogP contribution is -2.27. The largest absolute Gasteiger partial charge is 0.388 e. The highest BCUT2D eigenvalue weighted by Crippen LogP contribution is 2.19. The Morgan fingerprint density at radius 2 is 1.62 bits per heavy atom. The molecule has 0 heterocycles. The SMILES string of the molecule is O=C(CC(O)c1ccccc1)NCCc1cccc2ccccc12. The number of amides is 1. The minimum atomic E-state index is -0.760. The van der Waals surface area contributed by atoms with Crippen molar-refractivity contribution in [1.29, 1.82) is 0 Å². The van der Waals surface area contributed by atoms with E-state index in [-0.39, 0.29) is 12.3 Å². The number of carbonyl (C=O) groups is 1. The standard InChI is InChI=1S/C21H21NO2/c23-20(18-8-2-1-3-9-18)15-21(24)22-14-13-17-11-6-10-16-7-4-5-12-19(16)17/h1-12,20,23H,13-15H2,(H,22,24). The number of nitrogens with one attached hydrogen (secondary N) is 1. The van der Waals surface area contributed by atoms with E-state index >= 15 is 0 Å². The molecule has 0 aliphatic carbocycles. The summed E-state index contributed by atoms with van der Waals surface area (Å²) in [4.78, 5) is 12.0. The van der Waals surface area contributed by atoms with Gasteiger partial charge in [-0.05, 0) is 28.3 Å². The van der Waals surface area contributed by atoms with E-state index in [0.29, 0.717) is 6.54 Å². The van der Waals surface area contributed by atoms with E-state index in [2.05, 4.69) is 29.6 Å². The molecule has 3 heteroatoms. The fourth-order valence-electron chi connectivity index (χ4n) is 2.89. The molecule has 0 bridgehead atoms. The summed E-state index contributed by atoms with van der Waals surface area (Å²) < 4.78 is 0. The Morgan fingerprint density at radius 1 is 0.917 bits per heavy atom. The molecular formula is C21H21NO2. The third-order valence-corrected chi connectivity index (χ3v) is 4.16. The van der Waals surface area contributed by atoms with E-state index in [1.54, 1.807) is 0 Å². The van der Waals surface area contributed by atoms with Crippen LogP contribution in [0.4, 0.5) is 0 Å². The quantitative estimate of drug-likeness (QED) is 0.729. The first kappa shape index (κ1) is 16.2. The van der Waals surface area contributed by atoms with Crippen molar-refractivity contribution in [3.8, 4) is 0 Å². The van der Waals surface area contributed by atoms with Crippen LogP contribution in [0.1, 0.15) is 23.7 Å². The first-order valence-electron chi connectivity index (χ1n) is 8.20. The Morgan fingerprint density at radius 3 is 2.46 bits per heavy atom. The van der Waals surface area contributed by atoms with Gasteiger partial charge in [-0.15, -0.1) is 0 Å². The minimum absolute atomic E-state index is 0.0829. The molecule has 1 atom stereocenters. The lowest BCUT2D eigenvalue weighted by Gasteiger charge is -2.12. The molecule has 0 spiro atoms. The van der Waals surface area contributed by atoms with Gasteiger partial charge in [-0.1, -0.05) is 72.8 Å². The number of fused-ring (bicyclic) bond motifs is 1. The van der Waals surface area contributed by atoms with Crippen LogP contribution in [0.3, 0.4) is 0 Å². The van der Waals surface area contributed by atoms with Crippen molar-refractivity contribution < 1.29 is 9.90 Å². The molecule has 122 valence electrons. The van der Waals surface area contributed by atoms with Crippen molar-refractivity contribution in [2.45, 2.75) is 18.9 Å². The third kappa shape index (κ3) is 4.00. The van der Waals surface area contributed by atoms with E-state index in [4.69, 9.17) is 0 Å². The van der Waals surface area contributed by atoms with Crippen LogP contribution in [0.2, 0.25) is 0 Å². The van der Waals surface area contributed by atoms with E-state index in [1.807, 2.05) is 48.5 Å². The van der Waals surface area contributed by atoms with E-state index in [0.717, 1.165) is 12.0 Å². The topological polar surface area (TPSA) is 49.3 Å². The molecule has 3 aromatic rings. The fourth-order valence-corrected chi connectivity index (χ4v) is 2.89. The second-order valence-electron chi connectivity index (χ2n) is 5.87. The molecule has 1 unspecified atom stereocenters. The molecule has 3 rings (SSSR count). The Hall–Kier alpha value is -2.65. The minimum Gasteiger partial charge on any atom is -0.388 e. The normalized spacial score (nSPS) is 12.0. The smallest absolute Gasteiger partial charge is 0.222 e. The van der Waals surface area contributed by atoms with Gasteiger partial charge in [0.05, 0.1) is 12.5 Å². The Kier molecular flexibility index (Phi) is 5.24. The number of rotatable bonds is 6. The zero-order chi connectivity index (χ0) is 16.8. The molecule has 3 aromatic carbocycles. The zero-order valence-electron chi connectivity index (χ0n) is 13.5. The van der Waals surface area contributed by atoms with Crippen molar-refractivity contribution >= 4 is 16.7 Å². The van der Waals surface area contributed by atoms with Gasteiger partial charge in [0.1, 0.15) is 0 Å². The van der Waals surface area contributed by atoms with E-state index in [9.17, 15) is 9.90 Å². The average molecular weight is 319 g/mol. The molecule has 0 saturated heterocycles. The number of aliphatic hydroxyl groups excluding tert-OH is 1. The van der Waals surface area contributed by atoms with Crippen LogP contribution in [0.5, 0.6) is 0 Å². The van der Waals surface area contributed by atoms with Crippen molar-refractivity contribution in [2.75, 3.05) is 6.54 Å². The summed E-state index contributed by atoms with van der Waals surface area (Å²) in [7, 11) is 0. The highest BCUT2D eigenvalue weighted by atomic mass is 16.3. The van der Waals surface area contributed by atoms with E-state index in [1.165, 1.54) is 16.3 Å². The van der Waals surface area contributed by atoms with Crippen LogP contribution in [-0.2, 0) is 11.2 Å². The number of hydrogen-bond acceptors (Lipinski definition) is 2. The second-order valence-corrected chi connectivity index (χ2v) is 5.87. The van der Waals surface area contributed by atoms with E-state index < -0.39 is 6.10 Å². The van der Waals surface area contributed by atoms with Gasteiger partial charge in [0.2, 0.25) is 5.91 Å². The first-order chi connectivity index (χ1) is 11.7. The molecule has 0 aliphatic heterocycles. The predicted octanol–water partition coefficient (Wildman–Crippen LogP) is 3.62. The zero-order valence-corrected chi connectivity index (χ0v) is 13.5. The Balaban J connectivity index is 1.53. The van der Waals surface area contributed by atoms with Gasteiger partial charge < -0.3 is 10.4 Å². The van der Waals surface area contributed by atoms with Gasteiger partial charge >= 0.3 is 0 Å². The van der Waals surface area contributed by atoms with Crippen LogP contribution in [0, 0.1) is 0 Å². The molecule has 0 fully saturated rings. The molecule has 0 radical (unpaired) electrons. The molecular weight excluding hydrogens is 298 g/mol. The molecule has 0 aliphatic rings. The van der Waals surface area contributed by atoms with Crippen molar-refractivity contribution in [3.05, 3.63) is 83.9 Å². The monoisotopic (exact) mass is 319 g/mol. The van der Waals surface area contributed by atoms with Crippen molar-refractivity contribution in [3.63, 3.8) is 0 Å². The Bertz CT molecular complexity index is 809. The molecule has 0 aromatic heterocycles. The van der Waals surface area contributed by atoms with Crippen molar-refractivity contribution in [1.82, 2.24) is 5.32 Å². The lowest BCUT2D eigenvalue weighted by molar-refractivity contribution is -0.123.